The fraction of sp³-hybridized carbons (Fsp3) is 0.600. The second-order valence-electron chi connectivity index (χ2n) is 5.71. The van der Waals surface area contributed by atoms with Crippen molar-refractivity contribution in [3.05, 3.63) is 27.2 Å². The monoisotopic (exact) mass is 246 g/mol. The highest BCUT2D eigenvalue weighted by atomic mass is 16.3. The van der Waals surface area contributed by atoms with Crippen LogP contribution in [0.5, 0.6) is 0 Å². The van der Waals surface area contributed by atoms with E-state index in [1.165, 1.54) is 16.8 Å². The molecule has 0 bridgehead atoms. The molecular weight excluding hydrogens is 224 g/mol. The molecule has 0 aromatic heterocycles. The van der Waals surface area contributed by atoms with Crippen LogP contribution in [0.4, 0.5) is 11.4 Å². The normalized spacial score (nSPS) is 22.3. The third-order valence-corrected chi connectivity index (χ3v) is 4.63. The highest BCUT2D eigenvalue weighted by Gasteiger charge is 2.30. The van der Waals surface area contributed by atoms with Crippen LogP contribution in [-0.4, -0.2) is 5.54 Å². The van der Waals surface area contributed by atoms with Gasteiger partial charge in [-0.3, -0.25) is 0 Å². The first-order valence-electron chi connectivity index (χ1n) is 6.67. The Kier molecular flexibility index (Phi) is 3.18. The molecular formula is C15H22N2O. The SMILES string of the molecule is CCC1(C)CCc2c(C)c(N=O)c(C)c(C)c2N1. The summed E-state index contributed by atoms with van der Waals surface area (Å²) in [7, 11) is 0. The highest BCUT2D eigenvalue weighted by molar-refractivity contribution is 5.73. The van der Waals surface area contributed by atoms with Gasteiger partial charge in [-0.25, -0.2) is 0 Å². The number of nitrogens with zero attached hydrogens (tertiary/aromatic N) is 1. The van der Waals surface area contributed by atoms with Crippen molar-refractivity contribution >= 4 is 11.4 Å². The third kappa shape index (κ3) is 1.82. The first kappa shape index (κ1) is 13.1. The van der Waals surface area contributed by atoms with Gasteiger partial charge in [0.2, 0.25) is 0 Å². The van der Waals surface area contributed by atoms with E-state index in [2.05, 4.69) is 31.3 Å². The van der Waals surface area contributed by atoms with E-state index in [9.17, 15) is 4.91 Å². The van der Waals surface area contributed by atoms with Gasteiger partial charge < -0.3 is 5.32 Å². The molecule has 0 spiro atoms. The van der Waals surface area contributed by atoms with Crippen molar-refractivity contribution in [2.24, 2.45) is 5.18 Å². The fourth-order valence-corrected chi connectivity index (χ4v) is 2.85. The van der Waals surface area contributed by atoms with Gasteiger partial charge in [0, 0.05) is 11.2 Å². The molecule has 1 aromatic carbocycles. The van der Waals surface area contributed by atoms with Crippen LogP contribution in [0.2, 0.25) is 0 Å². The summed E-state index contributed by atoms with van der Waals surface area (Å²) < 4.78 is 0. The van der Waals surface area contributed by atoms with Crippen LogP contribution in [0.25, 0.3) is 0 Å². The van der Waals surface area contributed by atoms with Crippen LogP contribution in [0.15, 0.2) is 5.18 Å². The van der Waals surface area contributed by atoms with Crippen LogP contribution < -0.4 is 5.32 Å². The van der Waals surface area contributed by atoms with Gasteiger partial charge in [0.25, 0.3) is 0 Å². The number of nitroso groups, excluding NO2 is 1. The molecule has 3 nitrogen and oxygen atoms in total. The molecule has 1 aromatic rings. The van der Waals surface area contributed by atoms with Gasteiger partial charge in [-0.15, -0.1) is 4.91 Å². The summed E-state index contributed by atoms with van der Waals surface area (Å²) in [5.41, 5.74) is 6.54. The Labute approximate surface area is 109 Å². The predicted molar refractivity (Wildman–Crippen MR) is 76.7 cm³/mol. The summed E-state index contributed by atoms with van der Waals surface area (Å²) in [4.78, 5) is 11.0. The van der Waals surface area contributed by atoms with Gasteiger partial charge in [-0.2, -0.15) is 0 Å². The van der Waals surface area contributed by atoms with E-state index in [0.29, 0.717) is 5.69 Å². The lowest BCUT2D eigenvalue weighted by Gasteiger charge is -2.38. The minimum absolute atomic E-state index is 0.173. The number of hydrogen-bond donors (Lipinski definition) is 1. The van der Waals surface area contributed by atoms with Crippen molar-refractivity contribution in [1.29, 1.82) is 0 Å². The Balaban J connectivity index is 2.63. The van der Waals surface area contributed by atoms with Crippen molar-refractivity contribution in [2.45, 2.75) is 59.4 Å². The number of rotatable bonds is 2. The Morgan fingerprint density at radius 3 is 2.44 bits per heavy atom. The lowest BCUT2D eigenvalue weighted by Crippen LogP contribution is -2.38. The molecule has 0 radical (unpaired) electrons. The Morgan fingerprint density at radius 1 is 1.22 bits per heavy atom. The average Bonchev–Trinajstić information content (AvgIpc) is 2.37. The van der Waals surface area contributed by atoms with Crippen LogP contribution in [-0.2, 0) is 6.42 Å². The summed E-state index contributed by atoms with van der Waals surface area (Å²) in [6.07, 6.45) is 3.25. The first-order chi connectivity index (χ1) is 8.43. The van der Waals surface area contributed by atoms with Crippen molar-refractivity contribution in [3.63, 3.8) is 0 Å². The molecule has 0 aliphatic carbocycles. The molecule has 0 amide bonds. The summed E-state index contributed by atoms with van der Waals surface area (Å²) in [5.74, 6) is 0. The lowest BCUT2D eigenvalue weighted by atomic mass is 9.82. The number of benzene rings is 1. The fourth-order valence-electron chi connectivity index (χ4n) is 2.85. The van der Waals surface area contributed by atoms with Gasteiger partial charge in [0.1, 0.15) is 5.69 Å². The van der Waals surface area contributed by atoms with E-state index >= 15 is 0 Å². The molecule has 0 fully saturated rings. The molecule has 0 saturated heterocycles. The van der Waals surface area contributed by atoms with Crippen molar-refractivity contribution in [2.75, 3.05) is 5.32 Å². The molecule has 1 aliphatic rings. The van der Waals surface area contributed by atoms with Gasteiger partial charge in [0.05, 0.1) is 0 Å². The number of fused-ring (bicyclic) bond motifs is 1. The molecule has 1 N–H and O–H groups in total. The zero-order valence-electron chi connectivity index (χ0n) is 12.0. The van der Waals surface area contributed by atoms with Crippen molar-refractivity contribution < 1.29 is 0 Å². The first-order valence-corrected chi connectivity index (χ1v) is 6.67. The second-order valence-corrected chi connectivity index (χ2v) is 5.71. The number of hydrogen-bond acceptors (Lipinski definition) is 3. The second kappa shape index (κ2) is 4.38. The van der Waals surface area contributed by atoms with Crippen molar-refractivity contribution in [3.8, 4) is 0 Å². The molecule has 1 atom stereocenters. The third-order valence-electron chi connectivity index (χ3n) is 4.63. The van der Waals surface area contributed by atoms with E-state index in [1.807, 2.05) is 13.8 Å². The highest BCUT2D eigenvalue weighted by Crippen LogP contribution is 2.42. The number of anilines is 1. The van der Waals surface area contributed by atoms with E-state index in [4.69, 9.17) is 0 Å². The van der Waals surface area contributed by atoms with Crippen LogP contribution in [0.3, 0.4) is 0 Å². The Morgan fingerprint density at radius 2 is 1.89 bits per heavy atom. The molecule has 0 saturated carbocycles. The number of nitrogens with one attached hydrogen (secondary N) is 1. The summed E-state index contributed by atoms with van der Waals surface area (Å²) in [5, 5.41) is 6.90. The zero-order valence-corrected chi connectivity index (χ0v) is 12.0. The molecule has 2 rings (SSSR count). The van der Waals surface area contributed by atoms with Gasteiger partial charge in [-0.1, -0.05) is 6.92 Å². The van der Waals surface area contributed by atoms with Gasteiger partial charge >= 0.3 is 0 Å². The Hall–Kier alpha value is -1.38. The van der Waals surface area contributed by atoms with E-state index in [0.717, 1.165) is 30.4 Å². The molecule has 1 aliphatic heterocycles. The maximum absolute atomic E-state index is 11.0. The van der Waals surface area contributed by atoms with Crippen LogP contribution in [0.1, 0.15) is 48.9 Å². The molecule has 98 valence electrons. The average molecular weight is 246 g/mol. The van der Waals surface area contributed by atoms with E-state index < -0.39 is 0 Å². The van der Waals surface area contributed by atoms with Crippen molar-refractivity contribution in [1.82, 2.24) is 0 Å². The summed E-state index contributed by atoms with van der Waals surface area (Å²) in [6, 6.07) is 0. The van der Waals surface area contributed by atoms with E-state index in [1.54, 1.807) is 0 Å². The summed E-state index contributed by atoms with van der Waals surface area (Å²) >= 11 is 0. The minimum Gasteiger partial charge on any atom is -0.379 e. The van der Waals surface area contributed by atoms with Gasteiger partial charge in [0.15, 0.2) is 0 Å². The molecule has 3 heteroatoms. The van der Waals surface area contributed by atoms with Crippen LogP contribution >= 0.6 is 0 Å². The molecule has 1 unspecified atom stereocenters. The van der Waals surface area contributed by atoms with E-state index in [-0.39, 0.29) is 5.54 Å². The quantitative estimate of drug-likeness (QED) is 0.778. The van der Waals surface area contributed by atoms with Crippen LogP contribution in [0, 0.1) is 25.7 Å². The maximum atomic E-state index is 11.0. The topological polar surface area (TPSA) is 41.5 Å². The zero-order chi connectivity index (χ0) is 13.5. The van der Waals surface area contributed by atoms with Gasteiger partial charge in [-0.05, 0) is 74.4 Å². The molecule has 1 heterocycles. The minimum atomic E-state index is 0.173. The molecule has 18 heavy (non-hydrogen) atoms. The lowest BCUT2D eigenvalue weighted by molar-refractivity contribution is 0.442. The summed E-state index contributed by atoms with van der Waals surface area (Å²) in [6.45, 7) is 10.6. The maximum Gasteiger partial charge on any atom is 0.114 e. The Bertz CT molecular complexity index is 508. The largest absolute Gasteiger partial charge is 0.379 e. The standard InChI is InChI=1S/C15H22N2O/c1-6-15(5)8-7-12-11(4)13(17-18)9(2)10(3)14(12)16-15/h16H,6-8H2,1-5H3. The smallest absolute Gasteiger partial charge is 0.114 e. The predicted octanol–water partition coefficient (Wildman–Crippen LogP) is 4.54.